The molecule has 0 amide bonds. The molecule has 1 aromatic rings. The monoisotopic (exact) mass is 315 g/mol. The Morgan fingerprint density at radius 3 is 2.56 bits per heavy atom. The van der Waals surface area contributed by atoms with Crippen molar-refractivity contribution in [3.05, 3.63) is 28.2 Å². The molecule has 0 bridgehead atoms. The summed E-state index contributed by atoms with van der Waals surface area (Å²) in [5, 5.41) is 13.0. The topological polar surface area (TPSA) is 41.5 Å². The van der Waals surface area contributed by atoms with E-state index < -0.39 is 6.10 Å². The number of rotatable bonds is 5. The van der Waals surface area contributed by atoms with Gasteiger partial charge >= 0.3 is 0 Å². The van der Waals surface area contributed by atoms with E-state index in [9.17, 15) is 5.11 Å². The Hall–Kier alpha value is -0.580. The Balaban J connectivity index is 2.40. The molecular weight excluding hydrogens is 294 g/mol. The van der Waals surface area contributed by atoms with Gasteiger partial charge in [0, 0.05) is 16.7 Å². The average Bonchev–Trinajstić information content (AvgIpc) is 2.21. The minimum atomic E-state index is -0.511. The molecule has 0 spiro atoms. The number of ether oxygens (including phenoxy) is 1. The van der Waals surface area contributed by atoms with Gasteiger partial charge in [0.1, 0.15) is 0 Å². The summed E-state index contributed by atoms with van der Waals surface area (Å²) in [5.41, 5.74) is 1.96. The summed E-state index contributed by atoms with van der Waals surface area (Å²) in [6, 6.07) is 6.08. The molecule has 3 nitrogen and oxygen atoms in total. The number of halogens is 1. The van der Waals surface area contributed by atoms with E-state index in [4.69, 9.17) is 4.74 Å². The van der Waals surface area contributed by atoms with E-state index in [-0.39, 0.29) is 5.60 Å². The molecule has 1 unspecified atom stereocenters. The average molecular weight is 316 g/mol. The highest BCUT2D eigenvalue weighted by Gasteiger charge is 2.13. The lowest BCUT2D eigenvalue weighted by Crippen LogP contribution is -2.30. The summed E-state index contributed by atoms with van der Waals surface area (Å²) < 4.78 is 6.56. The van der Waals surface area contributed by atoms with Gasteiger partial charge in [-0.05, 0) is 51.5 Å². The third-order valence-electron chi connectivity index (χ3n) is 2.29. The quantitative estimate of drug-likeness (QED) is 0.875. The molecule has 0 aromatic heterocycles. The smallest absolute Gasteiger partial charge is 0.0945 e. The highest BCUT2D eigenvalue weighted by molar-refractivity contribution is 9.10. The molecule has 0 radical (unpaired) electrons. The molecule has 0 aliphatic carbocycles. The van der Waals surface area contributed by atoms with E-state index in [1.165, 1.54) is 5.56 Å². The fourth-order valence-electron chi connectivity index (χ4n) is 1.48. The number of aliphatic hydroxyl groups excluding tert-OH is 1. The molecule has 0 saturated heterocycles. The second-order valence-electron chi connectivity index (χ2n) is 5.48. The molecule has 1 rings (SSSR count). The maximum Gasteiger partial charge on any atom is 0.0945 e. The van der Waals surface area contributed by atoms with Gasteiger partial charge in [-0.25, -0.2) is 0 Å². The van der Waals surface area contributed by atoms with Crippen molar-refractivity contribution in [2.75, 3.05) is 18.5 Å². The van der Waals surface area contributed by atoms with Crippen molar-refractivity contribution in [3.8, 4) is 0 Å². The SMILES string of the molecule is Cc1cc(Br)cc(NCC(O)COC(C)(C)C)c1. The maximum atomic E-state index is 9.81. The fourth-order valence-corrected chi connectivity index (χ4v) is 2.09. The van der Waals surface area contributed by atoms with Gasteiger partial charge in [0.05, 0.1) is 18.3 Å². The van der Waals surface area contributed by atoms with Gasteiger partial charge in [-0.1, -0.05) is 15.9 Å². The molecule has 102 valence electrons. The second kappa shape index (κ2) is 6.55. The van der Waals surface area contributed by atoms with Crippen molar-refractivity contribution >= 4 is 21.6 Å². The van der Waals surface area contributed by atoms with Crippen LogP contribution in [0, 0.1) is 6.92 Å². The lowest BCUT2D eigenvalue weighted by atomic mass is 10.2. The third kappa shape index (κ3) is 6.38. The number of hydrogen-bond acceptors (Lipinski definition) is 3. The van der Waals surface area contributed by atoms with Crippen LogP contribution in [0.1, 0.15) is 26.3 Å². The second-order valence-corrected chi connectivity index (χ2v) is 6.39. The molecule has 1 atom stereocenters. The van der Waals surface area contributed by atoms with Crippen LogP contribution in [-0.4, -0.2) is 30.0 Å². The van der Waals surface area contributed by atoms with Crippen LogP contribution in [-0.2, 0) is 4.74 Å². The van der Waals surface area contributed by atoms with Crippen molar-refractivity contribution in [1.82, 2.24) is 0 Å². The largest absolute Gasteiger partial charge is 0.389 e. The van der Waals surface area contributed by atoms with Crippen LogP contribution in [0.15, 0.2) is 22.7 Å². The van der Waals surface area contributed by atoms with Crippen molar-refractivity contribution in [2.24, 2.45) is 0 Å². The Kier molecular flexibility index (Phi) is 5.63. The van der Waals surface area contributed by atoms with Crippen molar-refractivity contribution < 1.29 is 9.84 Å². The lowest BCUT2D eigenvalue weighted by molar-refractivity contribution is -0.0449. The fraction of sp³-hybridized carbons (Fsp3) is 0.571. The Morgan fingerprint density at radius 2 is 2.00 bits per heavy atom. The van der Waals surface area contributed by atoms with Crippen molar-refractivity contribution in [2.45, 2.75) is 39.4 Å². The molecule has 0 heterocycles. The van der Waals surface area contributed by atoms with Crippen LogP contribution in [0.25, 0.3) is 0 Å². The lowest BCUT2D eigenvalue weighted by Gasteiger charge is -2.22. The molecule has 4 heteroatoms. The van der Waals surface area contributed by atoms with E-state index in [0.29, 0.717) is 13.2 Å². The zero-order chi connectivity index (χ0) is 13.8. The maximum absolute atomic E-state index is 9.81. The first-order valence-electron chi connectivity index (χ1n) is 6.09. The van der Waals surface area contributed by atoms with Crippen LogP contribution >= 0.6 is 15.9 Å². The molecule has 0 aliphatic rings. The van der Waals surface area contributed by atoms with Gasteiger partial charge in [-0.15, -0.1) is 0 Å². The zero-order valence-corrected chi connectivity index (χ0v) is 13.0. The molecular formula is C14H22BrNO2. The molecule has 0 fully saturated rings. The summed E-state index contributed by atoms with van der Waals surface area (Å²) in [7, 11) is 0. The first-order chi connectivity index (χ1) is 8.26. The first kappa shape index (κ1) is 15.5. The van der Waals surface area contributed by atoms with Gasteiger partial charge in [-0.2, -0.15) is 0 Å². The zero-order valence-electron chi connectivity index (χ0n) is 11.5. The Labute approximate surface area is 118 Å². The highest BCUT2D eigenvalue weighted by Crippen LogP contribution is 2.19. The third-order valence-corrected chi connectivity index (χ3v) is 2.75. The standard InChI is InChI=1S/C14H22BrNO2/c1-10-5-11(15)7-12(6-10)16-8-13(17)9-18-14(2,3)4/h5-7,13,16-17H,8-9H2,1-4H3. The number of nitrogens with one attached hydrogen (secondary N) is 1. The van der Waals surface area contributed by atoms with E-state index in [2.05, 4.69) is 21.2 Å². The van der Waals surface area contributed by atoms with E-state index in [1.807, 2.05) is 45.9 Å². The predicted molar refractivity (Wildman–Crippen MR) is 79.1 cm³/mol. The van der Waals surface area contributed by atoms with Crippen molar-refractivity contribution in [3.63, 3.8) is 0 Å². The van der Waals surface area contributed by atoms with Gasteiger partial charge in [0.15, 0.2) is 0 Å². The van der Waals surface area contributed by atoms with Crippen LogP contribution in [0.4, 0.5) is 5.69 Å². The van der Waals surface area contributed by atoms with Crippen LogP contribution in [0.3, 0.4) is 0 Å². The van der Waals surface area contributed by atoms with E-state index >= 15 is 0 Å². The number of aryl methyl sites for hydroxylation is 1. The number of anilines is 1. The molecule has 1 aromatic carbocycles. The minimum Gasteiger partial charge on any atom is -0.389 e. The van der Waals surface area contributed by atoms with Gasteiger partial charge in [0.2, 0.25) is 0 Å². The normalized spacial score (nSPS) is 13.4. The Bertz CT molecular complexity index is 368. The number of benzene rings is 1. The summed E-state index contributed by atoms with van der Waals surface area (Å²) in [6.45, 7) is 8.78. The summed E-state index contributed by atoms with van der Waals surface area (Å²) in [4.78, 5) is 0. The summed E-state index contributed by atoms with van der Waals surface area (Å²) in [5.74, 6) is 0. The van der Waals surface area contributed by atoms with Crippen LogP contribution in [0.2, 0.25) is 0 Å². The number of aliphatic hydroxyl groups is 1. The minimum absolute atomic E-state index is 0.215. The molecule has 2 N–H and O–H groups in total. The summed E-state index contributed by atoms with van der Waals surface area (Å²) in [6.07, 6.45) is -0.511. The van der Waals surface area contributed by atoms with E-state index in [0.717, 1.165) is 10.2 Å². The number of hydrogen-bond donors (Lipinski definition) is 2. The molecule has 18 heavy (non-hydrogen) atoms. The summed E-state index contributed by atoms with van der Waals surface area (Å²) >= 11 is 3.45. The van der Waals surface area contributed by atoms with Crippen molar-refractivity contribution in [1.29, 1.82) is 0 Å². The molecule has 0 saturated carbocycles. The first-order valence-corrected chi connectivity index (χ1v) is 6.89. The Morgan fingerprint density at radius 1 is 1.33 bits per heavy atom. The van der Waals surface area contributed by atoms with Gasteiger partial charge in [-0.3, -0.25) is 0 Å². The highest BCUT2D eigenvalue weighted by atomic mass is 79.9. The van der Waals surface area contributed by atoms with Crippen LogP contribution < -0.4 is 5.32 Å². The predicted octanol–water partition coefficient (Wildman–Crippen LogP) is 3.35. The van der Waals surface area contributed by atoms with E-state index in [1.54, 1.807) is 0 Å². The van der Waals surface area contributed by atoms with Gasteiger partial charge < -0.3 is 15.2 Å². The van der Waals surface area contributed by atoms with Crippen LogP contribution in [0.5, 0.6) is 0 Å². The van der Waals surface area contributed by atoms with Gasteiger partial charge in [0.25, 0.3) is 0 Å². The molecule has 0 aliphatic heterocycles.